The van der Waals surface area contributed by atoms with Crippen LogP contribution in [-0.2, 0) is 12.7 Å². The zero-order valence-corrected chi connectivity index (χ0v) is 21.8. The van der Waals surface area contributed by atoms with Crippen LogP contribution in [0.2, 0.25) is 0 Å². The van der Waals surface area contributed by atoms with E-state index in [0.717, 1.165) is 17.7 Å². The van der Waals surface area contributed by atoms with E-state index in [2.05, 4.69) is 20.6 Å². The molecule has 0 bridgehead atoms. The normalized spacial score (nSPS) is 11.2. The fourth-order valence-corrected chi connectivity index (χ4v) is 4.24. The number of carbonyl (C=O) groups is 2. The van der Waals surface area contributed by atoms with Gasteiger partial charge in [-0.05, 0) is 60.2 Å². The molecule has 7 nitrogen and oxygen atoms in total. The number of halogens is 3. The maximum Gasteiger partial charge on any atom is 0.416 e. The van der Waals surface area contributed by atoms with Gasteiger partial charge in [0.1, 0.15) is 5.82 Å². The fraction of sp³-hybridized carbons (Fsp3) is 0.0968. The van der Waals surface area contributed by atoms with Crippen LogP contribution in [0.4, 0.5) is 30.6 Å². The van der Waals surface area contributed by atoms with Crippen molar-refractivity contribution in [3.05, 3.63) is 125 Å². The second kappa shape index (κ2) is 11.5. The first-order valence-corrected chi connectivity index (χ1v) is 12.6. The predicted octanol–water partition coefficient (Wildman–Crippen LogP) is 6.79. The zero-order chi connectivity index (χ0) is 29.0. The summed E-state index contributed by atoms with van der Waals surface area (Å²) in [5.74, 6) is -0.638. The number of fused-ring (bicyclic) bond motifs is 1. The first kappa shape index (κ1) is 27.3. The van der Waals surface area contributed by atoms with Crippen LogP contribution in [0.5, 0.6) is 0 Å². The lowest BCUT2D eigenvalue weighted by Gasteiger charge is -2.21. The molecular weight excluding hydrogens is 531 g/mol. The van der Waals surface area contributed by atoms with Gasteiger partial charge in [-0.25, -0.2) is 4.98 Å². The molecule has 1 aromatic heterocycles. The lowest BCUT2D eigenvalue weighted by Crippen LogP contribution is -2.18. The smallest absolute Gasteiger partial charge is 0.370 e. The first-order valence-electron chi connectivity index (χ1n) is 12.6. The Labute approximate surface area is 233 Å². The summed E-state index contributed by atoms with van der Waals surface area (Å²) in [7, 11) is 1.69. The number of carbonyl (C=O) groups excluding carboxylic acids is 2. The molecule has 2 amide bonds. The molecule has 0 radical (unpaired) electrons. The highest BCUT2D eigenvalue weighted by molar-refractivity contribution is 6.09. The maximum absolute atomic E-state index is 13.2. The molecular formula is C31H24F3N5O2. The molecule has 0 aliphatic heterocycles. The minimum atomic E-state index is -4.45. The zero-order valence-electron chi connectivity index (χ0n) is 21.8. The Morgan fingerprint density at radius 3 is 2.02 bits per heavy atom. The molecule has 2 N–H and O–H groups in total. The van der Waals surface area contributed by atoms with Crippen molar-refractivity contribution in [1.82, 2.24) is 9.97 Å². The summed E-state index contributed by atoms with van der Waals surface area (Å²) in [6.07, 6.45) is -4.45. The highest BCUT2D eigenvalue weighted by atomic mass is 19.4. The molecule has 10 heteroatoms. The summed E-state index contributed by atoms with van der Waals surface area (Å²) in [5, 5.41) is 5.99. The van der Waals surface area contributed by atoms with Crippen molar-refractivity contribution < 1.29 is 22.8 Å². The van der Waals surface area contributed by atoms with E-state index in [0.29, 0.717) is 27.7 Å². The van der Waals surface area contributed by atoms with Crippen LogP contribution in [0, 0.1) is 0 Å². The Kier molecular flexibility index (Phi) is 7.64. The molecule has 0 aliphatic carbocycles. The molecule has 0 aliphatic rings. The van der Waals surface area contributed by atoms with Gasteiger partial charge in [-0.15, -0.1) is 0 Å². The van der Waals surface area contributed by atoms with Gasteiger partial charge in [0.2, 0.25) is 5.95 Å². The Hall–Kier alpha value is -5.25. The Balaban J connectivity index is 1.48. The second-order valence-electron chi connectivity index (χ2n) is 9.29. The van der Waals surface area contributed by atoms with Crippen molar-refractivity contribution in [1.29, 1.82) is 0 Å². The van der Waals surface area contributed by atoms with E-state index in [1.807, 2.05) is 0 Å². The van der Waals surface area contributed by atoms with E-state index >= 15 is 0 Å². The third-order valence-electron chi connectivity index (χ3n) is 6.32. The van der Waals surface area contributed by atoms with Crippen LogP contribution in [0.3, 0.4) is 0 Å². The van der Waals surface area contributed by atoms with Crippen LogP contribution < -0.4 is 15.5 Å². The van der Waals surface area contributed by atoms with E-state index < -0.39 is 23.6 Å². The SMILES string of the molecule is CN(Cc1ccc2nc(NC(=O)c3ccccc3)nc(NC(=O)c3ccccc3)c2c1)c1cccc(C(F)(F)F)c1. The van der Waals surface area contributed by atoms with Gasteiger partial charge in [0.05, 0.1) is 11.1 Å². The summed E-state index contributed by atoms with van der Waals surface area (Å²) < 4.78 is 39.7. The average molecular weight is 556 g/mol. The highest BCUT2D eigenvalue weighted by Gasteiger charge is 2.30. The van der Waals surface area contributed by atoms with E-state index in [9.17, 15) is 22.8 Å². The van der Waals surface area contributed by atoms with Gasteiger partial charge in [-0.3, -0.25) is 14.9 Å². The average Bonchev–Trinajstić information content (AvgIpc) is 2.98. The highest BCUT2D eigenvalue weighted by Crippen LogP contribution is 2.32. The molecule has 5 aromatic rings. The molecule has 0 saturated carbocycles. The molecule has 0 fully saturated rings. The molecule has 0 atom stereocenters. The number of nitrogens with zero attached hydrogens (tertiary/aromatic N) is 3. The Morgan fingerprint density at radius 2 is 1.39 bits per heavy atom. The minimum absolute atomic E-state index is 0.00329. The fourth-order valence-electron chi connectivity index (χ4n) is 4.24. The third kappa shape index (κ3) is 6.50. The number of aromatic nitrogens is 2. The van der Waals surface area contributed by atoms with Gasteiger partial charge in [-0.2, -0.15) is 18.2 Å². The van der Waals surface area contributed by atoms with Crippen molar-refractivity contribution >= 4 is 40.2 Å². The summed E-state index contributed by atoms with van der Waals surface area (Å²) in [5.41, 5.74) is 1.70. The summed E-state index contributed by atoms with van der Waals surface area (Å²) in [6.45, 7) is 0.274. The van der Waals surface area contributed by atoms with Crippen LogP contribution in [-0.4, -0.2) is 28.8 Å². The maximum atomic E-state index is 13.2. The van der Waals surface area contributed by atoms with Crippen molar-refractivity contribution in [3.8, 4) is 0 Å². The molecule has 4 aromatic carbocycles. The number of alkyl halides is 3. The molecule has 5 rings (SSSR count). The number of rotatable bonds is 7. The van der Waals surface area contributed by atoms with E-state index in [4.69, 9.17) is 0 Å². The van der Waals surface area contributed by atoms with E-state index in [-0.39, 0.29) is 18.3 Å². The number of nitrogens with one attached hydrogen (secondary N) is 2. The lowest BCUT2D eigenvalue weighted by molar-refractivity contribution is -0.137. The van der Waals surface area contributed by atoms with Gasteiger partial charge in [0, 0.05) is 35.8 Å². The van der Waals surface area contributed by atoms with Crippen molar-refractivity contribution in [2.24, 2.45) is 0 Å². The van der Waals surface area contributed by atoms with E-state index in [1.54, 1.807) is 96.9 Å². The Morgan fingerprint density at radius 1 is 0.756 bits per heavy atom. The summed E-state index contributed by atoms with van der Waals surface area (Å²) in [6, 6.07) is 27.5. The molecule has 0 saturated heterocycles. The number of anilines is 3. The molecule has 1 heterocycles. The number of benzene rings is 4. The van der Waals surface area contributed by atoms with Crippen LogP contribution in [0.15, 0.2) is 103 Å². The van der Waals surface area contributed by atoms with E-state index in [1.165, 1.54) is 6.07 Å². The monoisotopic (exact) mass is 555 g/mol. The molecule has 0 spiro atoms. The second-order valence-corrected chi connectivity index (χ2v) is 9.29. The Bertz CT molecular complexity index is 1710. The number of hydrogen-bond donors (Lipinski definition) is 2. The standard InChI is InChI=1S/C31H24F3N5O2/c1-39(24-14-8-13-23(18-24)31(32,33)34)19-20-15-16-26-25(17-20)27(36-28(40)21-9-4-2-5-10-21)37-30(35-26)38-29(41)22-11-6-3-7-12-22/h2-18H,19H2,1H3,(H2,35,36,37,38,40,41). The summed E-state index contributed by atoms with van der Waals surface area (Å²) >= 11 is 0. The lowest BCUT2D eigenvalue weighted by atomic mass is 10.1. The van der Waals surface area contributed by atoms with Crippen LogP contribution >= 0.6 is 0 Å². The van der Waals surface area contributed by atoms with Gasteiger partial charge < -0.3 is 10.2 Å². The minimum Gasteiger partial charge on any atom is -0.370 e. The molecule has 206 valence electrons. The predicted molar refractivity (Wildman–Crippen MR) is 152 cm³/mol. The van der Waals surface area contributed by atoms with Gasteiger partial charge in [0.15, 0.2) is 0 Å². The topological polar surface area (TPSA) is 87.2 Å². The van der Waals surface area contributed by atoms with Crippen molar-refractivity contribution in [3.63, 3.8) is 0 Å². The molecule has 0 unspecified atom stereocenters. The van der Waals surface area contributed by atoms with Crippen molar-refractivity contribution in [2.45, 2.75) is 12.7 Å². The van der Waals surface area contributed by atoms with Crippen LogP contribution in [0.25, 0.3) is 10.9 Å². The van der Waals surface area contributed by atoms with Gasteiger partial charge in [0.25, 0.3) is 11.8 Å². The van der Waals surface area contributed by atoms with Gasteiger partial charge in [-0.1, -0.05) is 48.5 Å². The summed E-state index contributed by atoms with van der Waals surface area (Å²) in [4.78, 5) is 36.4. The first-order chi connectivity index (χ1) is 19.7. The van der Waals surface area contributed by atoms with Gasteiger partial charge >= 0.3 is 6.18 Å². The number of hydrogen-bond acceptors (Lipinski definition) is 5. The molecule has 41 heavy (non-hydrogen) atoms. The van der Waals surface area contributed by atoms with Crippen LogP contribution in [0.1, 0.15) is 31.8 Å². The number of amides is 2. The third-order valence-corrected chi connectivity index (χ3v) is 6.32. The van der Waals surface area contributed by atoms with Crippen molar-refractivity contribution in [2.75, 3.05) is 22.6 Å². The largest absolute Gasteiger partial charge is 0.416 e. The quantitative estimate of drug-likeness (QED) is 0.231.